The number of allylic oxidation sites excluding steroid dienone is 1. The zero-order valence-corrected chi connectivity index (χ0v) is 21.9. The molecule has 0 bridgehead atoms. The fraction of sp³-hybridized carbons (Fsp3) is 0.933. The Morgan fingerprint density at radius 3 is 2.23 bits per heavy atom. The minimum absolute atomic E-state index is 0.0645. The average Bonchev–Trinajstić information content (AvgIpc) is 3.03. The Bertz CT molecular complexity index is 691. The lowest BCUT2D eigenvalue weighted by Gasteiger charge is -2.69. The molecule has 0 aromatic heterocycles. The van der Waals surface area contributed by atoms with Crippen LogP contribution in [0.15, 0.2) is 12.2 Å². The van der Waals surface area contributed by atoms with Crippen molar-refractivity contribution in [1.82, 2.24) is 0 Å². The van der Waals surface area contributed by atoms with Gasteiger partial charge < -0.3 is 5.11 Å². The third-order valence-electron chi connectivity index (χ3n) is 12.2. The summed E-state index contributed by atoms with van der Waals surface area (Å²) in [5, 5.41) is 10.8. The van der Waals surface area contributed by atoms with Crippen LogP contribution in [0.2, 0.25) is 0 Å². The first-order valence-electron chi connectivity index (χ1n) is 13.7. The molecule has 0 aromatic rings. The second-order valence-electron chi connectivity index (χ2n) is 14.1. The molecule has 1 nitrogen and oxygen atoms in total. The van der Waals surface area contributed by atoms with Gasteiger partial charge >= 0.3 is 0 Å². The van der Waals surface area contributed by atoms with Gasteiger partial charge in [-0.3, -0.25) is 0 Å². The molecule has 0 spiro atoms. The van der Waals surface area contributed by atoms with Gasteiger partial charge in [0.25, 0.3) is 0 Å². The molecule has 4 fully saturated rings. The van der Waals surface area contributed by atoms with Gasteiger partial charge in [0.2, 0.25) is 0 Å². The van der Waals surface area contributed by atoms with Crippen LogP contribution in [0.5, 0.6) is 0 Å². The summed E-state index contributed by atoms with van der Waals surface area (Å²) >= 11 is 0. The van der Waals surface area contributed by atoms with E-state index in [1.165, 1.54) is 64.2 Å². The lowest BCUT2D eigenvalue weighted by Crippen LogP contribution is -2.63. The summed E-state index contributed by atoms with van der Waals surface area (Å²) in [7, 11) is 0. The molecule has 8 atom stereocenters. The number of aliphatic hydroxyl groups is 1. The second-order valence-corrected chi connectivity index (χ2v) is 14.1. The van der Waals surface area contributed by atoms with Crippen LogP contribution >= 0.6 is 0 Å². The predicted molar refractivity (Wildman–Crippen MR) is 133 cm³/mol. The Hall–Kier alpha value is -0.300. The van der Waals surface area contributed by atoms with Gasteiger partial charge in [-0.1, -0.05) is 67.0 Å². The quantitative estimate of drug-likeness (QED) is 0.436. The van der Waals surface area contributed by atoms with Gasteiger partial charge in [-0.25, -0.2) is 0 Å². The summed E-state index contributed by atoms with van der Waals surface area (Å²) in [6.07, 6.45) is 14.3. The highest BCUT2D eigenvalue weighted by Gasteiger charge is 2.68. The van der Waals surface area contributed by atoms with Crippen molar-refractivity contribution in [3.8, 4) is 0 Å². The maximum absolute atomic E-state index is 10.8. The SMILES string of the molecule is C=C(CCCC(C)C)[C@H]1CC[C@]2(C)[C@@H]1CC[C@@H]1[C@@]3(C)CC[C@H](O)C(C)(C)[C@@H]3CC[C@]12C. The molecule has 0 heterocycles. The molecule has 4 aliphatic carbocycles. The maximum atomic E-state index is 10.8. The molecule has 0 aliphatic heterocycles. The minimum Gasteiger partial charge on any atom is -0.393 e. The molecule has 0 radical (unpaired) electrons. The smallest absolute Gasteiger partial charge is 0.0594 e. The van der Waals surface area contributed by atoms with Crippen molar-refractivity contribution in [2.24, 2.45) is 51.2 Å². The molecule has 1 N–H and O–H groups in total. The van der Waals surface area contributed by atoms with E-state index in [1.54, 1.807) is 5.57 Å². The number of hydrogen-bond acceptors (Lipinski definition) is 1. The number of rotatable bonds is 5. The highest BCUT2D eigenvalue weighted by atomic mass is 16.3. The summed E-state index contributed by atoms with van der Waals surface area (Å²) in [5.41, 5.74) is 2.96. The summed E-state index contributed by atoms with van der Waals surface area (Å²) in [5.74, 6) is 3.92. The van der Waals surface area contributed by atoms with Gasteiger partial charge in [0.05, 0.1) is 6.10 Å². The van der Waals surface area contributed by atoms with Gasteiger partial charge in [-0.15, -0.1) is 0 Å². The highest BCUT2D eigenvalue weighted by Crippen LogP contribution is 2.75. The zero-order valence-electron chi connectivity index (χ0n) is 21.9. The van der Waals surface area contributed by atoms with Crippen LogP contribution in [0.3, 0.4) is 0 Å². The largest absolute Gasteiger partial charge is 0.393 e. The van der Waals surface area contributed by atoms with Crippen molar-refractivity contribution in [3.05, 3.63) is 12.2 Å². The third kappa shape index (κ3) is 3.41. The van der Waals surface area contributed by atoms with Crippen LogP contribution in [0.4, 0.5) is 0 Å². The van der Waals surface area contributed by atoms with E-state index < -0.39 is 0 Å². The molecule has 0 unspecified atom stereocenters. The van der Waals surface area contributed by atoms with Crippen LogP contribution in [0.1, 0.15) is 119 Å². The first-order chi connectivity index (χ1) is 14.4. The van der Waals surface area contributed by atoms with E-state index in [9.17, 15) is 5.11 Å². The second kappa shape index (κ2) is 7.89. The monoisotopic (exact) mass is 428 g/mol. The fourth-order valence-corrected chi connectivity index (χ4v) is 10.1. The van der Waals surface area contributed by atoms with E-state index in [4.69, 9.17) is 0 Å². The summed E-state index contributed by atoms with van der Waals surface area (Å²) in [6, 6.07) is 0. The molecule has 4 aliphatic rings. The van der Waals surface area contributed by atoms with Crippen molar-refractivity contribution in [3.63, 3.8) is 0 Å². The highest BCUT2D eigenvalue weighted by molar-refractivity contribution is 5.20. The van der Waals surface area contributed by atoms with Crippen molar-refractivity contribution in [2.75, 3.05) is 0 Å². The van der Waals surface area contributed by atoms with E-state index in [0.717, 1.165) is 30.1 Å². The lowest BCUT2D eigenvalue weighted by molar-refractivity contribution is -0.220. The van der Waals surface area contributed by atoms with Crippen molar-refractivity contribution >= 4 is 0 Å². The molecular formula is C30H52O. The molecule has 178 valence electrons. The molecule has 4 saturated carbocycles. The number of fused-ring (bicyclic) bond motifs is 5. The predicted octanol–water partition coefficient (Wildman–Crippen LogP) is 8.41. The van der Waals surface area contributed by atoms with Crippen LogP contribution in [0, 0.1) is 51.2 Å². The molecule has 0 saturated heterocycles. The lowest BCUT2D eigenvalue weighted by atomic mass is 9.35. The Balaban J connectivity index is 1.57. The van der Waals surface area contributed by atoms with Gasteiger partial charge in [0.15, 0.2) is 0 Å². The third-order valence-corrected chi connectivity index (χ3v) is 12.2. The summed E-state index contributed by atoms with van der Waals surface area (Å²) < 4.78 is 0. The van der Waals surface area contributed by atoms with Crippen molar-refractivity contribution in [2.45, 2.75) is 125 Å². The van der Waals surface area contributed by atoms with Crippen LogP contribution in [0.25, 0.3) is 0 Å². The van der Waals surface area contributed by atoms with Gasteiger partial charge in [-0.2, -0.15) is 0 Å². The molecule has 0 amide bonds. The van der Waals surface area contributed by atoms with Gasteiger partial charge in [0, 0.05) is 0 Å². The molecule has 1 heteroatoms. The van der Waals surface area contributed by atoms with E-state index >= 15 is 0 Å². The summed E-state index contributed by atoms with van der Waals surface area (Å²) in [4.78, 5) is 0. The summed E-state index contributed by atoms with van der Waals surface area (Å²) in [6.45, 7) is 22.1. The molecule has 0 aromatic carbocycles. The maximum Gasteiger partial charge on any atom is 0.0594 e. The number of hydrogen-bond donors (Lipinski definition) is 1. The number of aliphatic hydroxyl groups excluding tert-OH is 1. The first kappa shape index (κ1) is 23.8. The Morgan fingerprint density at radius 2 is 1.55 bits per heavy atom. The minimum atomic E-state index is -0.119. The average molecular weight is 429 g/mol. The van der Waals surface area contributed by atoms with Gasteiger partial charge in [-0.05, 0) is 115 Å². The van der Waals surface area contributed by atoms with E-state index in [-0.39, 0.29) is 11.5 Å². The standard InChI is InChI=1S/C30H52O/c1-20(2)10-9-11-21(3)22-14-18-29(7)23(22)12-13-25-28(6)17-16-26(31)27(4,5)24(28)15-19-30(25,29)8/h20,22-26,31H,3,9-19H2,1-2,4-8H3/t22-,23-,24+,25-,26+,28+,29-,30-/m1/s1. The van der Waals surface area contributed by atoms with E-state index in [0.29, 0.717) is 22.2 Å². The van der Waals surface area contributed by atoms with Crippen molar-refractivity contribution in [1.29, 1.82) is 0 Å². The zero-order chi connectivity index (χ0) is 22.8. The topological polar surface area (TPSA) is 20.2 Å². The van der Waals surface area contributed by atoms with Crippen LogP contribution < -0.4 is 0 Å². The first-order valence-corrected chi connectivity index (χ1v) is 13.7. The fourth-order valence-electron chi connectivity index (χ4n) is 10.1. The van der Waals surface area contributed by atoms with Gasteiger partial charge in [0.1, 0.15) is 0 Å². The molecule has 4 rings (SSSR count). The Morgan fingerprint density at radius 1 is 0.871 bits per heavy atom. The van der Waals surface area contributed by atoms with Crippen molar-refractivity contribution < 1.29 is 5.11 Å². The van der Waals surface area contributed by atoms with E-state index in [2.05, 4.69) is 55.0 Å². The van der Waals surface area contributed by atoms with E-state index in [1.807, 2.05) is 0 Å². The molecule has 31 heavy (non-hydrogen) atoms. The van der Waals surface area contributed by atoms with Crippen LogP contribution in [-0.2, 0) is 0 Å². The molecular weight excluding hydrogens is 376 g/mol. The Labute approximate surface area is 193 Å². The van der Waals surface area contributed by atoms with Crippen LogP contribution in [-0.4, -0.2) is 11.2 Å². The normalized spacial score (nSPS) is 48.7. The Kier molecular flexibility index (Phi) is 6.07.